The summed E-state index contributed by atoms with van der Waals surface area (Å²) in [6.07, 6.45) is 0. The first-order valence-corrected chi connectivity index (χ1v) is 11.1. The second-order valence-corrected chi connectivity index (χ2v) is 8.79. The number of hydrogen-bond donors (Lipinski definition) is 0. The highest BCUT2D eigenvalue weighted by molar-refractivity contribution is 9.10. The van der Waals surface area contributed by atoms with Gasteiger partial charge in [-0.1, -0.05) is 42.5 Å². The first kappa shape index (κ1) is 20.2. The highest BCUT2D eigenvalue weighted by Crippen LogP contribution is 2.41. The van der Waals surface area contributed by atoms with Crippen molar-refractivity contribution in [2.24, 2.45) is 0 Å². The molecule has 31 heavy (non-hydrogen) atoms. The Kier molecular flexibility index (Phi) is 5.25. The van der Waals surface area contributed by atoms with Crippen molar-refractivity contribution in [3.8, 4) is 0 Å². The van der Waals surface area contributed by atoms with Crippen molar-refractivity contribution in [2.45, 2.75) is 6.61 Å². The van der Waals surface area contributed by atoms with E-state index >= 15 is 0 Å². The minimum Gasteiger partial charge on any atom is -0.368 e. The van der Waals surface area contributed by atoms with E-state index in [4.69, 9.17) is 4.84 Å². The lowest BCUT2D eigenvalue weighted by molar-refractivity contribution is -0.104. The fourth-order valence-electron chi connectivity index (χ4n) is 4.28. The van der Waals surface area contributed by atoms with Crippen LogP contribution < -0.4 is 4.90 Å². The molecular weight excluding hydrogens is 458 g/mol. The van der Waals surface area contributed by atoms with Crippen molar-refractivity contribution < 1.29 is 14.4 Å². The number of hydrogen-bond acceptors (Lipinski definition) is 5. The normalized spacial score (nSPS) is 17.0. The Labute approximate surface area is 189 Å². The number of rotatable bonds is 4. The molecule has 0 atom stereocenters. The number of hydroxylamine groups is 2. The summed E-state index contributed by atoms with van der Waals surface area (Å²) in [5.74, 6) is -0.860. The second-order valence-electron chi connectivity index (χ2n) is 7.94. The highest BCUT2D eigenvalue weighted by Gasteiger charge is 2.36. The van der Waals surface area contributed by atoms with Crippen LogP contribution in [-0.2, 0) is 11.4 Å². The van der Waals surface area contributed by atoms with Crippen molar-refractivity contribution in [3.63, 3.8) is 0 Å². The zero-order chi connectivity index (χ0) is 21.5. The highest BCUT2D eigenvalue weighted by atomic mass is 79.9. The SMILES string of the molecule is CN1CCN(c2c(Br)cc3c4c(cccc24)C(=O)N(OCc2ccccc2)C3=O)CC1. The standard InChI is InChI=1S/C24H22BrN3O3/c1-26-10-12-27(13-11-26)22-17-8-5-9-18-21(17)19(14-20(22)25)24(30)28(23(18)29)31-15-16-6-3-2-4-7-16/h2-9,14H,10-13,15H2,1H3. The Bertz CT molecular complexity index is 1170. The van der Waals surface area contributed by atoms with Crippen LogP contribution in [0.1, 0.15) is 26.3 Å². The third-order valence-corrected chi connectivity index (χ3v) is 6.54. The lowest BCUT2D eigenvalue weighted by Crippen LogP contribution is -2.45. The summed E-state index contributed by atoms with van der Waals surface area (Å²) >= 11 is 3.69. The van der Waals surface area contributed by atoms with Crippen molar-refractivity contribution in [1.29, 1.82) is 0 Å². The summed E-state index contributed by atoms with van der Waals surface area (Å²) in [4.78, 5) is 36.8. The van der Waals surface area contributed by atoms with Crippen molar-refractivity contribution in [3.05, 3.63) is 75.8 Å². The molecule has 3 aromatic rings. The predicted molar refractivity (Wildman–Crippen MR) is 123 cm³/mol. The molecule has 6 nitrogen and oxygen atoms in total. The number of piperazine rings is 1. The molecule has 2 heterocycles. The zero-order valence-electron chi connectivity index (χ0n) is 17.2. The van der Waals surface area contributed by atoms with Gasteiger partial charge in [-0.15, -0.1) is 5.06 Å². The van der Waals surface area contributed by atoms with Crippen LogP contribution in [0, 0.1) is 0 Å². The van der Waals surface area contributed by atoms with Crippen LogP contribution in [-0.4, -0.2) is 55.0 Å². The van der Waals surface area contributed by atoms with Crippen LogP contribution in [0.4, 0.5) is 5.69 Å². The summed E-state index contributed by atoms with van der Waals surface area (Å²) in [6, 6.07) is 16.9. The molecule has 158 valence electrons. The van der Waals surface area contributed by atoms with Gasteiger partial charge in [0.1, 0.15) is 6.61 Å². The van der Waals surface area contributed by atoms with Crippen LogP contribution in [0.25, 0.3) is 10.8 Å². The summed E-state index contributed by atoms with van der Waals surface area (Å²) in [5, 5.41) is 2.51. The third kappa shape index (κ3) is 3.52. The number of carbonyl (C=O) groups is 2. The molecule has 0 N–H and O–H groups in total. The molecular formula is C24H22BrN3O3. The van der Waals surface area contributed by atoms with E-state index in [1.807, 2.05) is 48.5 Å². The monoisotopic (exact) mass is 479 g/mol. The second kappa shape index (κ2) is 8.07. The average Bonchev–Trinajstić information content (AvgIpc) is 2.79. The molecule has 0 saturated carbocycles. The molecule has 0 bridgehead atoms. The number of likely N-dealkylation sites (N-methyl/N-ethyl adjacent to an activating group) is 1. The maximum atomic E-state index is 13.3. The fourth-order valence-corrected chi connectivity index (χ4v) is 4.97. The van der Waals surface area contributed by atoms with E-state index in [1.54, 1.807) is 6.07 Å². The van der Waals surface area contributed by atoms with Crippen LogP contribution in [0.5, 0.6) is 0 Å². The lowest BCUT2D eigenvalue weighted by atomic mass is 9.93. The summed E-state index contributed by atoms with van der Waals surface area (Å²) in [7, 11) is 2.12. The number of carbonyl (C=O) groups excluding carboxylic acids is 2. The Morgan fingerprint density at radius 1 is 0.903 bits per heavy atom. The molecule has 0 spiro atoms. The maximum absolute atomic E-state index is 13.3. The van der Waals surface area contributed by atoms with Crippen molar-refractivity contribution in [1.82, 2.24) is 9.96 Å². The topological polar surface area (TPSA) is 53.1 Å². The van der Waals surface area contributed by atoms with Crippen molar-refractivity contribution >= 4 is 44.2 Å². The van der Waals surface area contributed by atoms with Gasteiger partial charge in [0.05, 0.1) is 16.8 Å². The van der Waals surface area contributed by atoms with Crippen LogP contribution >= 0.6 is 15.9 Å². The van der Waals surface area contributed by atoms with Crippen LogP contribution in [0.2, 0.25) is 0 Å². The van der Waals surface area contributed by atoms with E-state index in [2.05, 4.69) is 32.8 Å². The van der Waals surface area contributed by atoms with Gasteiger partial charge in [-0.2, -0.15) is 0 Å². The number of imide groups is 1. The van der Waals surface area contributed by atoms with Gasteiger partial charge in [-0.3, -0.25) is 14.4 Å². The minimum absolute atomic E-state index is 0.143. The van der Waals surface area contributed by atoms with Gasteiger partial charge in [-0.05, 0) is 40.7 Å². The average molecular weight is 480 g/mol. The Hall–Kier alpha value is -2.74. The van der Waals surface area contributed by atoms with Gasteiger partial charge in [-0.25, -0.2) is 0 Å². The van der Waals surface area contributed by atoms with Gasteiger partial charge in [0.15, 0.2) is 0 Å². The maximum Gasteiger partial charge on any atom is 0.285 e. The lowest BCUT2D eigenvalue weighted by Gasteiger charge is -2.36. The minimum atomic E-state index is -0.435. The summed E-state index contributed by atoms with van der Waals surface area (Å²) < 4.78 is 0.849. The molecule has 0 aliphatic carbocycles. The van der Waals surface area contributed by atoms with E-state index < -0.39 is 11.8 Å². The fraction of sp³-hybridized carbons (Fsp3) is 0.250. The van der Waals surface area contributed by atoms with E-state index in [0.717, 1.165) is 52.4 Å². The molecule has 1 fully saturated rings. The summed E-state index contributed by atoms with van der Waals surface area (Å²) in [6.45, 7) is 3.86. The Balaban J connectivity index is 1.55. The van der Waals surface area contributed by atoms with E-state index in [1.165, 1.54) is 0 Å². The summed E-state index contributed by atoms with van der Waals surface area (Å²) in [5.41, 5.74) is 2.89. The first-order chi connectivity index (χ1) is 15.0. The number of anilines is 1. The van der Waals surface area contributed by atoms with Crippen LogP contribution in [0.3, 0.4) is 0 Å². The van der Waals surface area contributed by atoms with E-state index in [0.29, 0.717) is 16.5 Å². The molecule has 2 amide bonds. The van der Waals surface area contributed by atoms with E-state index in [9.17, 15) is 9.59 Å². The molecule has 2 aliphatic heterocycles. The molecule has 3 aromatic carbocycles. The number of halogens is 1. The number of benzene rings is 3. The van der Waals surface area contributed by atoms with Crippen LogP contribution in [0.15, 0.2) is 59.1 Å². The van der Waals surface area contributed by atoms with Gasteiger partial charge in [0.25, 0.3) is 11.8 Å². The number of amides is 2. The molecule has 0 unspecified atom stereocenters. The molecule has 7 heteroatoms. The Morgan fingerprint density at radius 3 is 2.35 bits per heavy atom. The molecule has 0 aromatic heterocycles. The number of nitrogens with zero attached hydrogens (tertiary/aromatic N) is 3. The first-order valence-electron chi connectivity index (χ1n) is 10.3. The smallest absolute Gasteiger partial charge is 0.285 e. The van der Waals surface area contributed by atoms with Gasteiger partial charge in [0.2, 0.25) is 0 Å². The molecule has 0 radical (unpaired) electrons. The Morgan fingerprint density at radius 2 is 1.61 bits per heavy atom. The van der Waals surface area contributed by atoms with Gasteiger partial charge < -0.3 is 9.80 Å². The largest absolute Gasteiger partial charge is 0.368 e. The molecule has 2 aliphatic rings. The molecule has 5 rings (SSSR count). The van der Waals surface area contributed by atoms with Crippen molar-refractivity contribution in [2.75, 3.05) is 38.1 Å². The molecule has 1 saturated heterocycles. The zero-order valence-corrected chi connectivity index (χ0v) is 18.8. The predicted octanol–water partition coefficient (Wildman–Crippen LogP) is 4.08. The van der Waals surface area contributed by atoms with Gasteiger partial charge in [0, 0.05) is 41.4 Å². The quantitative estimate of drug-likeness (QED) is 0.527. The van der Waals surface area contributed by atoms with Gasteiger partial charge >= 0.3 is 0 Å². The van der Waals surface area contributed by atoms with E-state index in [-0.39, 0.29) is 6.61 Å². The third-order valence-electron chi connectivity index (χ3n) is 5.94.